The number of amides is 1. The summed E-state index contributed by atoms with van der Waals surface area (Å²) in [6.07, 6.45) is 3.50. The fourth-order valence-electron chi connectivity index (χ4n) is 2.67. The number of ether oxygens (including phenoxy) is 1. The van der Waals surface area contributed by atoms with Gasteiger partial charge in [0, 0.05) is 15.6 Å². The van der Waals surface area contributed by atoms with Gasteiger partial charge in [-0.1, -0.05) is 17.7 Å². The van der Waals surface area contributed by atoms with Gasteiger partial charge in [-0.05, 0) is 62.4 Å². The summed E-state index contributed by atoms with van der Waals surface area (Å²) < 4.78 is 5.30. The van der Waals surface area contributed by atoms with Crippen molar-refractivity contribution in [1.29, 1.82) is 0 Å². The molecule has 1 heterocycles. The lowest BCUT2D eigenvalue weighted by molar-refractivity contribution is -0.123. The molecule has 1 unspecified atom stereocenters. The predicted molar refractivity (Wildman–Crippen MR) is 95.9 cm³/mol. The van der Waals surface area contributed by atoms with E-state index in [0.717, 1.165) is 19.3 Å². The first kappa shape index (κ1) is 17.0. The Morgan fingerprint density at radius 3 is 2.79 bits per heavy atom. The van der Waals surface area contributed by atoms with Crippen molar-refractivity contribution in [3.8, 4) is 0 Å². The summed E-state index contributed by atoms with van der Waals surface area (Å²) in [6, 6.07) is 8.74. The Balaban J connectivity index is 1.61. The molecule has 2 aromatic rings. The highest BCUT2D eigenvalue weighted by Gasteiger charge is 2.22. The van der Waals surface area contributed by atoms with Gasteiger partial charge in [0.15, 0.2) is 6.10 Å². The van der Waals surface area contributed by atoms with E-state index in [1.54, 1.807) is 31.2 Å². The minimum Gasteiger partial charge on any atom is -0.448 e. The Morgan fingerprint density at radius 1 is 1.25 bits per heavy atom. The number of thiophene rings is 1. The van der Waals surface area contributed by atoms with Gasteiger partial charge >= 0.3 is 5.97 Å². The first-order chi connectivity index (χ1) is 11.5. The SMILES string of the molecule is CC(OC(=O)c1cc2c(s1)CCCC2)C(=O)Nc1cccc(Cl)c1. The maximum absolute atomic E-state index is 12.3. The van der Waals surface area contributed by atoms with Gasteiger partial charge in [-0.3, -0.25) is 4.79 Å². The van der Waals surface area contributed by atoms with Gasteiger partial charge in [0.2, 0.25) is 0 Å². The highest BCUT2D eigenvalue weighted by molar-refractivity contribution is 7.14. The highest BCUT2D eigenvalue weighted by atomic mass is 35.5. The van der Waals surface area contributed by atoms with Crippen LogP contribution in [0.15, 0.2) is 30.3 Å². The van der Waals surface area contributed by atoms with Crippen molar-refractivity contribution in [1.82, 2.24) is 0 Å². The molecule has 0 fully saturated rings. The van der Waals surface area contributed by atoms with E-state index in [-0.39, 0.29) is 5.91 Å². The number of aryl methyl sites for hydroxylation is 2. The summed E-state index contributed by atoms with van der Waals surface area (Å²) in [4.78, 5) is 26.3. The second-order valence-corrected chi connectivity index (χ2v) is 7.39. The van der Waals surface area contributed by atoms with Crippen molar-refractivity contribution in [3.63, 3.8) is 0 Å². The van der Waals surface area contributed by atoms with E-state index in [1.807, 2.05) is 6.07 Å². The van der Waals surface area contributed by atoms with Crippen LogP contribution in [0.4, 0.5) is 5.69 Å². The normalized spacial score (nSPS) is 14.6. The third-order valence-electron chi connectivity index (χ3n) is 3.94. The molecule has 6 heteroatoms. The van der Waals surface area contributed by atoms with Crippen molar-refractivity contribution in [2.45, 2.75) is 38.7 Å². The Kier molecular flexibility index (Phi) is 5.21. The van der Waals surface area contributed by atoms with Gasteiger partial charge in [0.05, 0.1) is 0 Å². The fourth-order valence-corrected chi connectivity index (χ4v) is 4.00. The molecule has 3 rings (SSSR count). The van der Waals surface area contributed by atoms with Gasteiger partial charge in [0.25, 0.3) is 5.91 Å². The largest absolute Gasteiger partial charge is 0.448 e. The number of hydrogen-bond donors (Lipinski definition) is 1. The number of fused-ring (bicyclic) bond motifs is 1. The number of halogens is 1. The van der Waals surface area contributed by atoms with Crippen LogP contribution in [0.1, 0.15) is 39.9 Å². The summed E-state index contributed by atoms with van der Waals surface area (Å²) in [5.74, 6) is -0.824. The zero-order valence-electron chi connectivity index (χ0n) is 13.3. The molecule has 0 aliphatic heterocycles. The number of carbonyl (C=O) groups excluding carboxylic acids is 2. The lowest BCUT2D eigenvalue weighted by atomic mass is 9.99. The number of benzene rings is 1. The molecule has 1 N–H and O–H groups in total. The Labute approximate surface area is 149 Å². The van der Waals surface area contributed by atoms with Gasteiger partial charge in [-0.2, -0.15) is 0 Å². The van der Waals surface area contributed by atoms with Gasteiger partial charge in [-0.25, -0.2) is 4.79 Å². The Hall–Kier alpha value is -1.85. The summed E-state index contributed by atoms with van der Waals surface area (Å²) in [5, 5.41) is 3.22. The maximum atomic E-state index is 12.3. The van der Waals surface area contributed by atoms with Crippen LogP contribution in [0.2, 0.25) is 5.02 Å². The van der Waals surface area contributed by atoms with Crippen LogP contribution in [-0.2, 0) is 22.4 Å². The molecule has 1 aliphatic carbocycles. The van der Waals surface area contributed by atoms with E-state index in [4.69, 9.17) is 16.3 Å². The Morgan fingerprint density at radius 2 is 2.04 bits per heavy atom. The van der Waals surface area contributed by atoms with E-state index < -0.39 is 12.1 Å². The minimum absolute atomic E-state index is 0.382. The van der Waals surface area contributed by atoms with Gasteiger partial charge < -0.3 is 10.1 Å². The third-order valence-corrected chi connectivity index (χ3v) is 5.40. The molecule has 0 saturated carbocycles. The first-order valence-corrected chi connectivity index (χ1v) is 9.11. The van der Waals surface area contributed by atoms with E-state index in [1.165, 1.54) is 28.2 Å². The molecule has 24 heavy (non-hydrogen) atoms. The zero-order valence-corrected chi connectivity index (χ0v) is 14.9. The summed E-state index contributed by atoms with van der Waals surface area (Å²) in [5.41, 5.74) is 1.82. The number of hydrogen-bond acceptors (Lipinski definition) is 4. The van der Waals surface area contributed by atoms with Crippen LogP contribution in [0.3, 0.4) is 0 Å². The average molecular weight is 364 g/mol. The second-order valence-electron chi connectivity index (χ2n) is 5.81. The van der Waals surface area contributed by atoms with Crippen LogP contribution in [0.25, 0.3) is 0 Å². The van der Waals surface area contributed by atoms with E-state index in [0.29, 0.717) is 15.6 Å². The minimum atomic E-state index is -0.879. The van der Waals surface area contributed by atoms with Crippen LogP contribution in [-0.4, -0.2) is 18.0 Å². The lowest BCUT2D eigenvalue weighted by Gasteiger charge is -2.13. The highest BCUT2D eigenvalue weighted by Crippen LogP contribution is 2.30. The zero-order chi connectivity index (χ0) is 17.1. The molecule has 0 saturated heterocycles. The molecule has 0 bridgehead atoms. The molecule has 0 radical (unpaired) electrons. The van der Waals surface area contributed by atoms with Crippen molar-refractivity contribution in [2.75, 3.05) is 5.32 Å². The maximum Gasteiger partial charge on any atom is 0.349 e. The number of carbonyl (C=O) groups is 2. The Bertz CT molecular complexity index is 748. The summed E-state index contributed by atoms with van der Waals surface area (Å²) in [7, 11) is 0. The number of rotatable bonds is 4. The average Bonchev–Trinajstić information content (AvgIpc) is 2.99. The van der Waals surface area contributed by atoms with Gasteiger partial charge in [-0.15, -0.1) is 11.3 Å². The van der Waals surface area contributed by atoms with Crippen LogP contribution >= 0.6 is 22.9 Å². The van der Waals surface area contributed by atoms with Crippen LogP contribution < -0.4 is 5.32 Å². The van der Waals surface area contributed by atoms with E-state index in [9.17, 15) is 9.59 Å². The standard InChI is InChI=1S/C18H18ClNO3S/c1-11(17(21)20-14-7-4-6-13(19)10-14)23-18(22)16-9-12-5-2-3-8-15(12)24-16/h4,6-7,9-11H,2-3,5,8H2,1H3,(H,20,21). The molecular weight excluding hydrogens is 346 g/mol. The fraction of sp³-hybridized carbons (Fsp3) is 0.333. The van der Waals surface area contributed by atoms with Crippen molar-refractivity contribution in [2.24, 2.45) is 0 Å². The predicted octanol–water partition coefficient (Wildman–Crippen LogP) is 4.46. The topological polar surface area (TPSA) is 55.4 Å². The monoisotopic (exact) mass is 363 g/mol. The quantitative estimate of drug-likeness (QED) is 0.815. The number of esters is 1. The second kappa shape index (κ2) is 7.36. The smallest absolute Gasteiger partial charge is 0.349 e. The third kappa shape index (κ3) is 3.97. The molecule has 0 spiro atoms. The number of anilines is 1. The molecule has 126 valence electrons. The molecule has 4 nitrogen and oxygen atoms in total. The first-order valence-electron chi connectivity index (χ1n) is 7.92. The van der Waals surface area contributed by atoms with E-state index >= 15 is 0 Å². The van der Waals surface area contributed by atoms with Crippen molar-refractivity contribution in [3.05, 3.63) is 50.7 Å². The van der Waals surface area contributed by atoms with Crippen LogP contribution in [0.5, 0.6) is 0 Å². The van der Waals surface area contributed by atoms with Crippen molar-refractivity contribution < 1.29 is 14.3 Å². The van der Waals surface area contributed by atoms with Crippen LogP contribution in [0, 0.1) is 0 Å². The molecule has 1 aromatic carbocycles. The molecule has 1 aromatic heterocycles. The lowest BCUT2D eigenvalue weighted by Crippen LogP contribution is -2.29. The molecule has 1 amide bonds. The van der Waals surface area contributed by atoms with Crippen molar-refractivity contribution >= 4 is 40.5 Å². The summed E-state index contributed by atoms with van der Waals surface area (Å²) >= 11 is 7.37. The van der Waals surface area contributed by atoms with Gasteiger partial charge in [0.1, 0.15) is 4.88 Å². The molecule has 1 aliphatic rings. The van der Waals surface area contributed by atoms with E-state index in [2.05, 4.69) is 5.32 Å². The summed E-state index contributed by atoms with van der Waals surface area (Å²) in [6.45, 7) is 1.56. The molecular formula is C18H18ClNO3S. The number of nitrogens with one attached hydrogen (secondary N) is 1. The molecule has 1 atom stereocenters.